The Bertz CT molecular complexity index is 1140. The number of amides is 2. The fourth-order valence-electron chi connectivity index (χ4n) is 3.50. The maximum Gasteiger partial charge on any atom is 0.282 e. The number of ether oxygens (including phenoxy) is 1. The van der Waals surface area contributed by atoms with Crippen LogP contribution in [0.1, 0.15) is 18.1 Å². The summed E-state index contributed by atoms with van der Waals surface area (Å²) in [6, 6.07) is 23.9. The zero-order valence-electron chi connectivity index (χ0n) is 16.9. The summed E-state index contributed by atoms with van der Waals surface area (Å²) in [6.07, 6.45) is 0. The molecule has 0 fully saturated rings. The molecule has 30 heavy (non-hydrogen) atoms. The molecule has 1 aliphatic rings. The molecule has 0 radical (unpaired) electrons. The van der Waals surface area contributed by atoms with Gasteiger partial charge in [-0.1, -0.05) is 48.5 Å². The van der Waals surface area contributed by atoms with Crippen molar-refractivity contribution in [3.05, 3.63) is 95.7 Å². The van der Waals surface area contributed by atoms with Crippen molar-refractivity contribution < 1.29 is 14.3 Å². The molecular weight excluding hydrogens is 376 g/mol. The number of imide groups is 1. The van der Waals surface area contributed by atoms with Crippen LogP contribution in [-0.4, -0.2) is 18.4 Å². The van der Waals surface area contributed by atoms with E-state index < -0.39 is 5.91 Å². The number of nitrogens with one attached hydrogen (secondary N) is 1. The molecule has 2 amide bonds. The second kappa shape index (κ2) is 8.25. The smallest absolute Gasteiger partial charge is 0.282 e. The summed E-state index contributed by atoms with van der Waals surface area (Å²) < 4.78 is 5.55. The summed E-state index contributed by atoms with van der Waals surface area (Å²) in [7, 11) is 0. The molecular formula is C25H22N2O3. The van der Waals surface area contributed by atoms with Gasteiger partial charge in [-0.3, -0.25) is 9.59 Å². The Morgan fingerprint density at radius 2 is 1.63 bits per heavy atom. The van der Waals surface area contributed by atoms with Crippen LogP contribution in [0, 0.1) is 6.92 Å². The van der Waals surface area contributed by atoms with E-state index in [2.05, 4.69) is 5.32 Å². The number of nitrogens with zero attached hydrogens (tertiary/aromatic N) is 1. The number of carbonyl (C=O) groups is 2. The zero-order chi connectivity index (χ0) is 21.1. The van der Waals surface area contributed by atoms with Crippen LogP contribution in [0.3, 0.4) is 0 Å². The second-order valence-corrected chi connectivity index (χ2v) is 6.99. The molecule has 5 heteroatoms. The highest BCUT2D eigenvalue weighted by Gasteiger charge is 2.40. The van der Waals surface area contributed by atoms with Crippen LogP contribution in [0.25, 0.3) is 5.57 Å². The number of carbonyl (C=O) groups excluding carboxylic acids is 2. The molecule has 0 atom stereocenters. The van der Waals surface area contributed by atoms with Crippen molar-refractivity contribution in [1.29, 1.82) is 0 Å². The standard InChI is InChI=1S/C25H22N2O3/c1-3-30-21-14-8-13-20(16-21)27-24(28)22(18-10-5-4-6-11-18)23(25(27)29)26-19-12-7-9-17(2)15-19/h4-16,26H,3H2,1-2H3. The quantitative estimate of drug-likeness (QED) is 0.607. The summed E-state index contributed by atoms with van der Waals surface area (Å²) >= 11 is 0. The van der Waals surface area contributed by atoms with Gasteiger partial charge in [0.25, 0.3) is 11.8 Å². The predicted octanol–water partition coefficient (Wildman–Crippen LogP) is 4.79. The molecule has 1 aliphatic heterocycles. The van der Waals surface area contributed by atoms with E-state index >= 15 is 0 Å². The largest absolute Gasteiger partial charge is 0.494 e. The molecule has 0 saturated heterocycles. The maximum absolute atomic E-state index is 13.4. The summed E-state index contributed by atoms with van der Waals surface area (Å²) in [4.78, 5) is 28.0. The molecule has 0 aromatic heterocycles. The number of aryl methyl sites for hydroxylation is 1. The van der Waals surface area contributed by atoms with Crippen molar-refractivity contribution in [2.24, 2.45) is 0 Å². The summed E-state index contributed by atoms with van der Waals surface area (Å²) in [5, 5.41) is 3.19. The molecule has 0 aliphatic carbocycles. The van der Waals surface area contributed by atoms with Crippen LogP contribution in [0.4, 0.5) is 11.4 Å². The number of benzene rings is 3. The molecule has 3 aromatic rings. The zero-order valence-corrected chi connectivity index (χ0v) is 16.9. The van der Waals surface area contributed by atoms with Gasteiger partial charge < -0.3 is 10.1 Å². The highest BCUT2D eigenvalue weighted by molar-refractivity contribution is 6.46. The summed E-state index contributed by atoms with van der Waals surface area (Å²) in [5.74, 6) is -0.152. The molecule has 4 rings (SSSR count). The summed E-state index contributed by atoms with van der Waals surface area (Å²) in [5.41, 5.74) is 3.59. The van der Waals surface area contributed by atoms with Gasteiger partial charge in [0.2, 0.25) is 0 Å². The lowest BCUT2D eigenvalue weighted by atomic mass is 10.0. The molecule has 0 bridgehead atoms. The second-order valence-electron chi connectivity index (χ2n) is 6.99. The van der Waals surface area contributed by atoms with Crippen molar-refractivity contribution >= 4 is 28.8 Å². The lowest BCUT2D eigenvalue weighted by Gasteiger charge is -2.16. The lowest BCUT2D eigenvalue weighted by Crippen LogP contribution is -2.32. The van der Waals surface area contributed by atoms with E-state index in [0.717, 1.165) is 11.3 Å². The first kappa shape index (κ1) is 19.5. The number of hydrogen-bond acceptors (Lipinski definition) is 4. The molecule has 1 N–H and O–H groups in total. The average molecular weight is 398 g/mol. The number of anilines is 2. The molecule has 1 heterocycles. The number of rotatable bonds is 6. The van der Waals surface area contributed by atoms with Gasteiger partial charge in [-0.05, 0) is 49.2 Å². The van der Waals surface area contributed by atoms with E-state index in [4.69, 9.17) is 4.74 Å². The third kappa shape index (κ3) is 3.70. The van der Waals surface area contributed by atoms with Gasteiger partial charge in [-0.15, -0.1) is 0 Å². The molecule has 3 aromatic carbocycles. The van der Waals surface area contributed by atoms with Gasteiger partial charge in [0.1, 0.15) is 11.4 Å². The van der Waals surface area contributed by atoms with Crippen molar-refractivity contribution in [3.8, 4) is 5.75 Å². The average Bonchev–Trinajstić information content (AvgIpc) is 2.99. The van der Waals surface area contributed by atoms with Gasteiger partial charge in [-0.2, -0.15) is 0 Å². The maximum atomic E-state index is 13.4. The van der Waals surface area contributed by atoms with Crippen LogP contribution in [0.15, 0.2) is 84.6 Å². The Balaban J connectivity index is 1.79. The SMILES string of the molecule is CCOc1cccc(N2C(=O)C(Nc3cccc(C)c3)=C(c3ccccc3)C2=O)c1. The number of hydrogen-bond donors (Lipinski definition) is 1. The van der Waals surface area contributed by atoms with Crippen molar-refractivity contribution in [3.63, 3.8) is 0 Å². The fourth-order valence-corrected chi connectivity index (χ4v) is 3.50. The van der Waals surface area contributed by atoms with Gasteiger partial charge in [0.15, 0.2) is 0 Å². The van der Waals surface area contributed by atoms with Crippen molar-refractivity contribution in [1.82, 2.24) is 0 Å². The molecule has 0 saturated carbocycles. The molecule has 150 valence electrons. The Labute approximate surface area is 175 Å². The monoisotopic (exact) mass is 398 g/mol. The Kier molecular flexibility index (Phi) is 5.35. The van der Waals surface area contributed by atoms with Gasteiger partial charge in [0.05, 0.1) is 17.9 Å². The van der Waals surface area contributed by atoms with E-state index in [9.17, 15) is 9.59 Å². The van der Waals surface area contributed by atoms with Gasteiger partial charge in [-0.25, -0.2) is 4.90 Å². The third-order valence-corrected chi connectivity index (χ3v) is 4.82. The summed E-state index contributed by atoms with van der Waals surface area (Å²) in [6.45, 7) is 4.36. The van der Waals surface area contributed by atoms with Gasteiger partial charge in [0, 0.05) is 11.8 Å². The normalized spacial score (nSPS) is 13.7. The first-order valence-corrected chi connectivity index (χ1v) is 9.83. The van der Waals surface area contributed by atoms with Crippen LogP contribution >= 0.6 is 0 Å². The van der Waals surface area contributed by atoms with E-state index in [1.807, 2.05) is 68.4 Å². The minimum absolute atomic E-state index is 0.263. The van der Waals surface area contributed by atoms with Crippen LogP contribution in [-0.2, 0) is 9.59 Å². The highest BCUT2D eigenvalue weighted by Crippen LogP contribution is 2.34. The molecule has 0 unspecified atom stereocenters. The van der Waals surface area contributed by atoms with Gasteiger partial charge >= 0.3 is 0 Å². The topological polar surface area (TPSA) is 58.6 Å². The Hall–Kier alpha value is -3.86. The predicted molar refractivity (Wildman–Crippen MR) is 118 cm³/mol. The minimum Gasteiger partial charge on any atom is -0.494 e. The Morgan fingerprint density at radius 3 is 2.37 bits per heavy atom. The van der Waals surface area contributed by atoms with E-state index in [0.29, 0.717) is 29.2 Å². The van der Waals surface area contributed by atoms with Crippen molar-refractivity contribution in [2.75, 3.05) is 16.8 Å². The minimum atomic E-state index is -0.394. The Morgan fingerprint density at radius 1 is 0.867 bits per heavy atom. The van der Waals surface area contributed by atoms with Crippen LogP contribution in [0.2, 0.25) is 0 Å². The van der Waals surface area contributed by atoms with Crippen LogP contribution in [0.5, 0.6) is 5.75 Å². The molecule has 0 spiro atoms. The third-order valence-electron chi connectivity index (χ3n) is 4.82. The fraction of sp³-hybridized carbons (Fsp3) is 0.120. The highest BCUT2D eigenvalue weighted by atomic mass is 16.5. The lowest BCUT2D eigenvalue weighted by molar-refractivity contribution is -0.120. The van der Waals surface area contributed by atoms with Crippen LogP contribution < -0.4 is 15.0 Å². The van der Waals surface area contributed by atoms with E-state index in [1.165, 1.54) is 4.90 Å². The van der Waals surface area contributed by atoms with E-state index in [1.54, 1.807) is 24.3 Å². The molecule has 5 nitrogen and oxygen atoms in total. The first-order chi connectivity index (χ1) is 14.6. The first-order valence-electron chi connectivity index (χ1n) is 9.83. The van der Waals surface area contributed by atoms with Crippen molar-refractivity contribution in [2.45, 2.75) is 13.8 Å². The van der Waals surface area contributed by atoms with E-state index in [-0.39, 0.29) is 11.6 Å².